The molecule has 0 aliphatic rings. The third-order valence-electron chi connectivity index (χ3n) is 6.73. The van der Waals surface area contributed by atoms with E-state index in [0.29, 0.717) is 11.4 Å². The summed E-state index contributed by atoms with van der Waals surface area (Å²) in [6.45, 7) is 6.88. The minimum atomic E-state index is -4.26. The number of carbonyl (C=O) groups is 2. The lowest BCUT2D eigenvalue weighted by molar-refractivity contribution is -0.139. The normalized spacial score (nSPS) is 11.9. The number of carbonyl (C=O) groups excluding carboxylic acids is 2. The lowest BCUT2D eigenvalue weighted by atomic mass is 10.1. The van der Waals surface area contributed by atoms with Gasteiger partial charge in [-0.1, -0.05) is 30.3 Å². The van der Waals surface area contributed by atoms with E-state index in [1.54, 1.807) is 19.1 Å². The molecule has 0 fully saturated rings. The molecule has 0 saturated carbocycles. The Morgan fingerprint density at radius 2 is 1.52 bits per heavy atom. The molecule has 0 aliphatic carbocycles. The highest BCUT2D eigenvalue weighted by Gasteiger charge is 2.33. The number of hydrogen-bond acceptors (Lipinski definition) is 6. The number of ether oxygens (including phenoxy) is 2. The first kappa shape index (κ1) is 30.5. The van der Waals surface area contributed by atoms with Gasteiger partial charge in [-0.15, -0.1) is 0 Å². The van der Waals surface area contributed by atoms with Crippen LogP contribution in [0.4, 0.5) is 5.69 Å². The van der Waals surface area contributed by atoms with Gasteiger partial charge < -0.3 is 19.7 Å². The van der Waals surface area contributed by atoms with Crippen LogP contribution in [0.25, 0.3) is 0 Å². The quantitative estimate of drug-likeness (QED) is 0.376. The second kappa shape index (κ2) is 12.9. The van der Waals surface area contributed by atoms with Crippen LogP contribution in [0.15, 0.2) is 65.6 Å². The van der Waals surface area contributed by atoms with Crippen LogP contribution >= 0.6 is 0 Å². The highest BCUT2D eigenvalue weighted by Crippen LogP contribution is 2.33. The van der Waals surface area contributed by atoms with E-state index in [1.807, 2.05) is 51.1 Å². The Hall–Kier alpha value is -4.05. The number of hydrogen-bond donors (Lipinski definition) is 1. The summed E-state index contributed by atoms with van der Waals surface area (Å²) in [5.41, 5.74) is 3.82. The van der Waals surface area contributed by atoms with E-state index >= 15 is 0 Å². The predicted octanol–water partition coefficient (Wildman–Crippen LogP) is 3.99. The van der Waals surface area contributed by atoms with Crippen LogP contribution in [0, 0.1) is 20.8 Å². The van der Waals surface area contributed by atoms with Gasteiger partial charge in [0.2, 0.25) is 11.8 Å². The molecule has 3 rings (SSSR count). The predicted molar refractivity (Wildman–Crippen MR) is 155 cm³/mol. The Morgan fingerprint density at radius 1 is 0.900 bits per heavy atom. The van der Waals surface area contributed by atoms with E-state index in [0.717, 1.165) is 26.6 Å². The molecule has 3 aromatic carbocycles. The highest BCUT2D eigenvalue weighted by molar-refractivity contribution is 7.92. The number of methoxy groups -OCH3 is 2. The number of nitrogens with zero attached hydrogens (tertiary/aromatic N) is 2. The fourth-order valence-electron chi connectivity index (χ4n) is 4.49. The summed E-state index contributed by atoms with van der Waals surface area (Å²) in [7, 11) is 0.123. The number of sulfonamides is 1. The molecule has 0 aliphatic heterocycles. The SMILES string of the molecule is CNC(=O)[C@@H](C)N(Cc1ccccc1C)C(=O)CN(c1cc(C)cc(C)c1)S(=O)(=O)c1ccc(OC)c(OC)c1. The number of nitrogens with one attached hydrogen (secondary N) is 1. The van der Waals surface area contributed by atoms with E-state index < -0.39 is 28.5 Å². The molecule has 0 heterocycles. The fourth-order valence-corrected chi connectivity index (χ4v) is 5.90. The van der Waals surface area contributed by atoms with Crippen LogP contribution in [0.2, 0.25) is 0 Å². The van der Waals surface area contributed by atoms with Crippen molar-refractivity contribution in [3.8, 4) is 11.5 Å². The van der Waals surface area contributed by atoms with Crippen molar-refractivity contribution in [1.29, 1.82) is 0 Å². The van der Waals surface area contributed by atoms with Crippen molar-refractivity contribution in [2.24, 2.45) is 0 Å². The molecule has 0 saturated heterocycles. The van der Waals surface area contributed by atoms with Gasteiger partial charge in [0.25, 0.3) is 10.0 Å². The number of aryl methyl sites for hydroxylation is 3. The first-order valence-electron chi connectivity index (χ1n) is 12.8. The topological polar surface area (TPSA) is 105 Å². The molecule has 10 heteroatoms. The smallest absolute Gasteiger partial charge is 0.264 e. The molecule has 0 unspecified atom stereocenters. The van der Waals surface area contributed by atoms with E-state index in [9.17, 15) is 18.0 Å². The molecule has 1 atom stereocenters. The zero-order chi connectivity index (χ0) is 29.6. The third-order valence-corrected chi connectivity index (χ3v) is 8.50. The number of anilines is 1. The molecule has 214 valence electrons. The molecule has 0 spiro atoms. The Kier molecular flexibility index (Phi) is 9.81. The number of rotatable bonds is 11. The highest BCUT2D eigenvalue weighted by atomic mass is 32.2. The van der Waals surface area contributed by atoms with Gasteiger partial charge in [-0.25, -0.2) is 8.42 Å². The summed E-state index contributed by atoms with van der Waals surface area (Å²) in [6, 6.07) is 16.3. The molecule has 3 aromatic rings. The van der Waals surface area contributed by atoms with Crippen molar-refractivity contribution in [3.05, 3.63) is 82.9 Å². The fraction of sp³-hybridized carbons (Fsp3) is 0.333. The van der Waals surface area contributed by atoms with Gasteiger partial charge in [0, 0.05) is 19.7 Å². The Balaban J connectivity index is 2.12. The van der Waals surface area contributed by atoms with Gasteiger partial charge in [0.1, 0.15) is 12.6 Å². The zero-order valence-corrected chi connectivity index (χ0v) is 24.8. The zero-order valence-electron chi connectivity index (χ0n) is 24.0. The Morgan fingerprint density at radius 3 is 2.10 bits per heavy atom. The number of likely N-dealkylation sites (N-methyl/N-ethyl adjacent to an activating group) is 1. The van der Waals surface area contributed by atoms with Crippen molar-refractivity contribution in [3.63, 3.8) is 0 Å². The van der Waals surface area contributed by atoms with Crippen LogP contribution < -0.4 is 19.1 Å². The molecule has 1 N–H and O–H groups in total. The van der Waals surface area contributed by atoms with Gasteiger partial charge in [0.05, 0.1) is 24.8 Å². The maximum atomic E-state index is 14.1. The molecule has 0 radical (unpaired) electrons. The van der Waals surface area contributed by atoms with Gasteiger partial charge in [0.15, 0.2) is 11.5 Å². The van der Waals surface area contributed by atoms with Gasteiger partial charge in [-0.3, -0.25) is 13.9 Å². The summed E-state index contributed by atoms with van der Waals surface area (Å²) >= 11 is 0. The minimum Gasteiger partial charge on any atom is -0.493 e. The monoisotopic (exact) mass is 567 g/mol. The molecule has 0 aromatic heterocycles. The van der Waals surface area contributed by atoms with Crippen molar-refractivity contribution in [2.75, 3.05) is 32.1 Å². The molecule has 2 amide bonds. The molecule has 40 heavy (non-hydrogen) atoms. The summed E-state index contributed by atoms with van der Waals surface area (Å²) in [4.78, 5) is 28.0. The number of amides is 2. The third kappa shape index (κ3) is 6.74. The largest absolute Gasteiger partial charge is 0.493 e. The maximum Gasteiger partial charge on any atom is 0.264 e. The lowest BCUT2D eigenvalue weighted by Crippen LogP contribution is -2.50. The first-order valence-corrected chi connectivity index (χ1v) is 14.3. The second-order valence-corrected chi connectivity index (χ2v) is 11.5. The van der Waals surface area contributed by atoms with Crippen molar-refractivity contribution in [2.45, 2.75) is 45.2 Å². The summed E-state index contributed by atoms with van der Waals surface area (Å²) in [5.74, 6) is -0.269. The Labute approximate surface area is 236 Å². The van der Waals surface area contributed by atoms with E-state index in [4.69, 9.17) is 9.47 Å². The second-order valence-electron chi connectivity index (χ2n) is 9.61. The van der Waals surface area contributed by atoms with Crippen LogP contribution in [0.3, 0.4) is 0 Å². The Bertz CT molecular complexity index is 1470. The van der Waals surface area contributed by atoms with Crippen molar-refractivity contribution < 1.29 is 27.5 Å². The summed E-state index contributed by atoms with van der Waals surface area (Å²) < 4.78 is 40.0. The van der Waals surface area contributed by atoms with Crippen LogP contribution in [0.1, 0.15) is 29.2 Å². The van der Waals surface area contributed by atoms with Gasteiger partial charge in [-0.05, 0) is 74.2 Å². The van der Waals surface area contributed by atoms with E-state index in [2.05, 4.69) is 5.32 Å². The summed E-state index contributed by atoms with van der Waals surface area (Å²) in [6.07, 6.45) is 0. The van der Waals surface area contributed by atoms with Gasteiger partial charge >= 0.3 is 0 Å². The van der Waals surface area contributed by atoms with Crippen molar-refractivity contribution in [1.82, 2.24) is 10.2 Å². The van der Waals surface area contributed by atoms with Gasteiger partial charge in [-0.2, -0.15) is 0 Å². The first-order chi connectivity index (χ1) is 18.9. The molecular formula is C30H37N3O6S. The average Bonchev–Trinajstić information content (AvgIpc) is 2.93. The molecule has 0 bridgehead atoms. The van der Waals surface area contributed by atoms with Crippen molar-refractivity contribution >= 4 is 27.5 Å². The standard InChI is InChI=1S/C30H37N3O6S/c1-20-14-21(2)16-25(15-20)33(40(36,37)26-12-13-27(38-6)28(17-26)39-7)19-29(34)32(23(4)30(35)31-5)18-24-11-9-8-10-22(24)3/h8-17,23H,18-19H2,1-7H3,(H,31,35)/t23-/m1/s1. The van der Waals surface area contributed by atoms with Crippen LogP contribution in [-0.4, -0.2) is 59.0 Å². The number of benzene rings is 3. The minimum absolute atomic E-state index is 0.0677. The average molecular weight is 568 g/mol. The lowest BCUT2D eigenvalue weighted by Gasteiger charge is -2.32. The molecular weight excluding hydrogens is 530 g/mol. The molecule has 9 nitrogen and oxygen atoms in total. The van der Waals surface area contributed by atoms with Crippen LogP contribution in [-0.2, 0) is 26.2 Å². The van der Waals surface area contributed by atoms with E-state index in [1.165, 1.54) is 44.4 Å². The van der Waals surface area contributed by atoms with E-state index in [-0.39, 0.29) is 23.1 Å². The summed E-state index contributed by atoms with van der Waals surface area (Å²) in [5, 5.41) is 2.59. The van der Waals surface area contributed by atoms with Crippen LogP contribution in [0.5, 0.6) is 11.5 Å². The maximum absolute atomic E-state index is 14.1.